The normalized spacial score (nSPS) is 46.3. The molecule has 0 heterocycles. The molecule has 2 heteroatoms. The summed E-state index contributed by atoms with van der Waals surface area (Å²) in [5, 5.41) is 0. The molecule has 0 aliphatic heterocycles. The lowest BCUT2D eigenvalue weighted by Crippen LogP contribution is -2.26. The first-order valence-electron chi connectivity index (χ1n) is 13.1. The third-order valence-corrected chi connectivity index (χ3v) is 17.9. The summed E-state index contributed by atoms with van der Waals surface area (Å²) in [7, 11) is 0.570. The van der Waals surface area contributed by atoms with Gasteiger partial charge in [0.15, 0.2) is 0 Å². The van der Waals surface area contributed by atoms with Crippen LogP contribution in [0, 0.1) is 23.7 Å². The van der Waals surface area contributed by atoms with Gasteiger partial charge >= 0.3 is 0 Å². The minimum absolute atomic E-state index is 0.285. The molecule has 4 saturated carbocycles. The van der Waals surface area contributed by atoms with Gasteiger partial charge in [0.25, 0.3) is 0 Å². The molecule has 0 radical (unpaired) electrons. The molecule has 6 unspecified atom stereocenters. The van der Waals surface area contributed by atoms with E-state index in [-0.39, 0.29) is 15.8 Å². The van der Waals surface area contributed by atoms with Crippen LogP contribution < -0.4 is 0 Å². The zero-order valence-electron chi connectivity index (χ0n) is 19.4. The molecule has 0 amide bonds. The van der Waals surface area contributed by atoms with E-state index >= 15 is 0 Å². The second-order valence-corrected chi connectivity index (χ2v) is 17.0. The highest BCUT2D eigenvalue weighted by Gasteiger charge is 2.42. The third-order valence-electron chi connectivity index (χ3n) is 9.59. The molecule has 0 N–H and O–H groups in total. The van der Waals surface area contributed by atoms with Gasteiger partial charge in [0.1, 0.15) is 0 Å². The van der Waals surface area contributed by atoms with Crippen molar-refractivity contribution in [2.24, 2.45) is 23.7 Å². The van der Waals surface area contributed by atoms with Crippen LogP contribution >= 0.6 is 15.8 Å². The van der Waals surface area contributed by atoms with Gasteiger partial charge < -0.3 is 0 Å². The van der Waals surface area contributed by atoms with Crippen LogP contribution in [-0.2, 0) is 0 Å². The molecule has 4 fully saturated rings. The van der Waals surface area contributed by atoms with Crippen LogP contribution in [-0.4, -0.2) is 35.0 Å². The first kappa shape index (κ1) is 22.1. The fourth-order valence-corrected chi connectivity index (χ4v) is 17.3. The Hall–Kier alpha value is 0.860. The van der Waals surface area contributed by atoms with E-state index in [2.05, 4.69) is 27.7 Å². The molecule has 162 valence electrons. The van der Waals surface area contributed by atoms with Crippen molar-refractivity contribution in [1.82, 2.24) is 0 Å². The monoisotopic (exact) mass is 422 g/mol. The lowest BCUT2D eigenvalue weighted by Gasteiger charge is -2.40. The minimum atomic E-state index is 0.285. The maximum atomic E-state index is 2.62. The zero-order chi connectivity index (χ0) is 19.7. The molecule has 4 aliphatic carbocycles. The Bertz CT molecular complexity index is 407. The first-order valence-corrected chi connectivity index (χ1v) is 16.4. The first-order chi connectivity index (χ1) is 13.6. The van der Waals surface area contributed by atoms with E-state index in [1.54, 1.807) is 89.4 Å². The fraction of sp³-hybridized carbons (Fsp3) is 1.00. The SMILES string of the molecule is CC1CCCC1P(CCP(C1CCC[C@@H]1C)C1CCC[C@@H]1C)C1CCC[C@H]1C. The van der Waals surface area contributed by atoms with Crippen LogP contribution in [0.15, 0.2) is 0 Å². The fourth-order valence-electron chi connectivity index (χ4n) is 7.86. The highest BCUT2D eigenvalue weighted by atomic mass is 31.1. The summed E-state index contributed by atoms with van der Waals surface area (Å²) >= 11 is 0. The average molecular weight is 423 g/mol. The predicted molar refractivity (Wildman–Crippen MR) is 131 cm³/mol. The molecule has 4 rings (SSSR count). The zero-order valence-corrected chi connectivity index (χ0v) is 21.2. The standard InChI is InChI=1S/C26H48P2/c1-19-9-5-13-23(19)27(24-14-6-10-20(24)2)17-18-28(25-15-7-11-21(25)3)26-16-8-12-22(26)4/h19-26H,5-18H2,1-4H3/t19-,20-,21+,22?,23?,24?,25?,26?,27?,28?/m0/s1. The van der Waals surface area contributed by atoms with Crippen LogP contribution in [0.3, 0.4) is 0 Å². The molecule has 0 bridgehead atoms. The summed E-state index contributed by atoms with van der Waals surface area (Å²) in [4.78, 5) is 0. The maximum Gasteiger partial charge on any atom is -0.0181 e. The van der Waals surface area contributed by atoms with Gasteiger partial charge in [0, 0.05) is 0 Å². The van der Waals surface area contributed by atoms with Crippen molar-refractivity contribution in [3.05, 3.63) is 0 Å². The molecule has 0 aromatic carbocycles. The van der Waals surface area contributed by atoms with E-state index in [1.165, 1.54) is 0 Å². The van der Waals surface area contributed by atoms with Gasteiger partial charge in [-0.1, -0.05) is 94.9 Å². The summed E-state index contributed by atoms with van der Waals surface area (Å²) in [6, 6.07) is 0. The van der Waals surface area contributed by atoms with Crippen molar-refractivity contribution in [3.63, 3.8) is 0 Å². The molecule has 0 spiro atoms. The third kappa shape index (κ3) is 4.69. The molecule has 0 aromatic heterocycles. The predicted octanol–water partition coefficient (Wildman–Crippen LogP) is 8.70. The van der Waals surface area contributed by atoms with E-state index in [9.17, 15) is 0 Å². The molecule has 0 saturated heterocycles. The lowest BCUT2D eigenvalue weighted by atomic mass is 10.1. The van der Waals surface area contributed by atoms with Crippen LogP contribution in [0.4, 0.5) is 0 Å². The topological polar surface area (TPSA) is 0 Å². The van der Waals surface area contributed by atoms with E-state index < -0.39 is 0 Å². The number of hydrogen-bond donors (Lipinski definition) is 0. The average Bonchev–Trinajstić information content (AvgIpc) is 3.45. The molecule has 0 aromatic rings. The lowest BCUT2D eigenvalue weighted by molar-refractivity contribution is 0.583. The van der Waals surface area contributed by atoms with E-state index in [0.717, 1.165) is 46.3 Å². The van der Waals surface area contributed by atoms with Gasteiger partial charge in [-0.2, -0.15) is 0 Å². The van der Waals surface area contributed by atoms with Crippen molar-refractivity contribution < 1.29 is 0 Å². The summed E-state index contributed by atoms with van der Waals surface area (Å²) in [5.41, 5.74) is 4.55. The Balaban J connectivity index is 1.49. The van der Waals surface area contributed by atoms with Gasteiger partial charge in [-0.3, -0.25) is 0 Å². The highest BCUT2D eigenvalue weighted by Crippen LogP contribution is 2.65. The quantitative estimate of drug-likeness (QED) is 0.360. The van der Waals surface area contributed by atoms with Gasteiger partial charge in [0.2, 0.25) is 0 Å². The Kier molecular flexibility index (Phi) is 7.87. The molecule has 0 nitrogen and oxygen atoms in total. The molecule has 9 atom stereocenters. The van der Waals surface area contributed by atoms with E-state index in [1.807, 2.05) is 0 Å². The second-order valence-electron chi connectivity index (χ2n) is 11.4. The van der Waals surface area contributed by atoms with Crippen LogP contribution in [0.5, 0.6) is 0 Å². The van der Waals surface area contributed by atoms with Gasteiger partial charge in [-0.25, -0.2) is 0 Å². The van der Waals surface area contributed by atoms with Crippen LogP contribution in [0.25, 0.3) is 0 Å². The summed E-state index contributed by atoms with van der Waals surface area (Å²) < 4.78 is 0. The molecular formula is C26H48P2. The van der Waals surface area contributed by atoms with Crippen LogP contribution in [0.1, 0.15) is 105 Å². The van der Waals surface area contributed by atoms with Crippen molar-refractivity contribution >= 4 is 15.8 Å². The number of hydrogen-bond acceptors (Lipinski definition) is 0. The van der Waals surface area contributed by atoms with Gasteiger partial charge in [-0.05, 0) is 84.3 Å². The maximum absolute atomic E-state index is 2.62. The minimum Gasteiger partial charge on any atom is -0.0995 e. The van der Waals surface area contributed by atoms with Crippen LogP contribution in [0.2, 0.25) is 0 Å². The molecular weight excluding hydrogens is 374 g/mol. The Morgan fingerprint density at radius 2 is 0.679 bits per heavy atom. The largest absolute Gasteiger partial charge is 0.0995 e. The van der Waals surface area contributed by atoms with Crippen molar-refractivity contribution in [1.29, 1.82) is 0 Å². The van der Waals surface area contributed by atoms with Crippen molar-refractivity contribution in [2.75, 3.05) is 12.3 Å². The van der Waals surface area contributed by atoms with E-state index in [4.69, 9.17) is 0 Å². The summed E-state index contributed by atoms with van der Waals surface area (Å²) in [6.07, 6.45) is 22.0. The van der Waals surface area contributed by atoms with E-state index in [0.29, 0.717) is 0 Å². The van der Waals surface area contributed by atoms with Crippen molar-refractivity contribution in [3.8, 4) is 0 Å². The smallest absolute Gasteiger partial charge is 0.0181 e. The highest BCUT2D eigenvalue weighted by molar-refractivity contribution is 7.63. The Labute approximate surface area is 179 Å². The molecule has 28 heavy (non-hydrogen) atoms. The van der Waals surface area contributed by atoms with Crippen molar-refractivity contribution in [2.45, 2.75) is 127 Å². The van der Waals surface area contributed by atoms with Gasteiger partial charge in [-0.15, -0.1) is 0 Å². The Morgan fingerprint density at radius 3 is 0.857 bits per heavy atom. The molecule has 4 aliphatic rings. The van der Waals surface area contributed by atoms with Gasteiger partial charge in [0.05, 0.1) is 0 Å². The summed E-state index contributed by atoms with van der Waals surface area (Å²) in [5.74, 6) is 4.17. The number of rotatable bonds is 7. The Morgan fingerprint density at radius 1 is 0.429 bits per heavy atom. The second kappa shape index (κ2) is 9.99. The summed E-state index contributed by atoms with van der Waals surface area (Å²) in [6.45, 7) is 10.5.